The van der Waals surface area contributed by atoms with Gasteiger partial charge in [-0.1, -0.05) is 41.9 Å². The third-order valence-electron chi connectivity index (χ3n) is 3.33. The van der Waals surface area contributed by atoms with E-state index in [-0.39, 0.29) is 11.4 Å². The minimum atomic E-state index is -0.422. The first-order valence-corrected chi connectivity index (χ1v) is 6.84. The molecule has 1 heterocycles. The largest absolute Gasteiger partial charge is 0.303 e. The fourth-order valence-corrected chi connectivity index (χ4v) is 2.71. The topological polar surface area (TPSA) is 30.0 Å². The van der Waals surface area contributed by atoms with E-state index in [9.17, 15) is 9.18 Å². The standard InChI is InChI=1S/C17H11ClFNO/c18-15-9-13(19)8-14-16(11-4-2-1-3-5-11)12(6-7-21)10-20-17(14)15/h1-5,7-10H,6H2. The maximum Gasteiger partial charge on any atom is 0.125 e. The molecule has 2 aromatic carbocycles. The first-order valence-electron chi connectivity index (χ1n) is 6.46. The highest BCUT2D eigenvalue weighted by Crippen LogP contribution is 2.34. The molecule has 21 heavy (non-hydrogen) atoms. The fraction of sp³-hybridized carbons (Fsp3) is 0.0588. The van der Waals surface area contributed by atoms with Crippen LogP contribution in [0.4, 0.5) is 4.39 Å². The number of fused-ring (bicyclic) bond motifs is 1. The average molecular weight is 300 g/mol. The van der Waals surface area contributed by atoms with Crippen LogP contribution in [0.1, 0.15) is 5.56 Å². The highest BCUT2D eigenvalue weighted by atomic mass is 35.5. The molecule has 0 aliphatic heterocycles. The van der Waals surface area contributed by atoms with Crippen LogP contribution in [0.25, 0.3) is 22.0 Å². The van der Waals surface area contributed by atoms with E-state index in [0.717, 1.165) is 23.0 Å². The number of rotatable bonds is 3. The quantitative estimate of drug-likeness (QED) is 0.669. The lowest BCUT2D eigenvalue weighted by Gasteiger charge is -2.12. The number of halogens is 2. The third-order valence-corrected chi connectivity index (χ3v) is 3.62. The van der Waals surface area contributed by atoms with E-state index >= 15 is 0 Å². The molecule has 0 atom stereocenters. The summed E-state index contributed by atoms with van der Waals surface area (Å²) in [5, 5.41) is 0.880. The Balaban J connectivity index is 2.41. The molecule has 1 aromatic heterocycles. The van der Waals surface area contributed by atoms with Crippen LogP contribution in [0.15, 0.2) is 48.7 Å². The maximum absolute atomic E-state index is 13.7. The van der Waals surface area contributed by atoms with Crippen LogP contribution in [0.5, 0.6) is 0 Å². The van der Waals surface area contributed by atoms with Gasteiger partial charge < -0.3 is 4.79 Å². The number of hydrogen-bond acceptors (Lipinski definition) is 2. The summed E-state index contributed by atoms with van der Waals surface area (Å²) in [6.07, 6.45) is 2.67. The molecule has 0 bridgehead atoms. The van der Waals surface area contributed by atoms with Crippen molar-refractivity contribution in [2.75, 3.05) is 0 Å². The molecule has 3 rings (SSSR count). The maximum atomic E-state index is 13.7. The minimum Gasteiger partial charge on any atom is -0.303 e. The van der Waals surface area contributed by atoms with Crippen molar-refractivity contribution in [3.63, 3.8) is 0 Å². The number of carbonyl (C=O) groups excluding carboxylic acids is 1. The Labute approximate surface area is 126 Å². The molecular weight excluding hydrogens is 289 g/mol. The van der Waals surface area contributed by atoms with Crippen molar-refractivity contribution < 1.29 is 9.18 Å². The zero-order valence-electron chi connectivity index (χ0n) is 11.0. The highest BCUT2D eigenvalue weighted by molar-refractivity contribution is 6.35. The molecule has 0 N–H and O–H groups in total. The van der Waals surface area contributed by atoms with Crippen molar-refractivity contribution in [1.82, 2.24) is 4.98 Å². The molecule has 0 spiro atoms. The number of aromatic nitrogens is 1. The Hall–Kier alpha value is -2.26. The molecule has 0 saturated heterocycles. The molecule has 0 aliphatic carbocycles. The van der Waals surface area contributed by atoms with E-state index in [2.05, 4.69) is 4.98 Å². The Bertz CT molecular complexity index is 818. The van der Waals surface area contributed by atoms with Gasteiger partial charge >= 0.3 is 0 Å². The lowest BCUT2D eigenvalue weighted by atomic mass is 9.95. The van der Waals surface area contributed by atoms with Crippen LogP contribution in [-0.2, 0) is 11.2 Å². The Morgan fingerprint density at radius 2 is 1.95 bits per heavy atom. The summed E-state index contributed by atoms with van der Waals surface area (Å²) in [5.74, 6) is -0.422. The second kappa shape index (κ2) is 5.62. The van der Waals surface area contributed by atoms with Gasteiger partial charge in [-0.15, -0.1) is 0 Å². The number of carbonyl (C=O) groups is 1. The van der Waals surface area contributed by atoms with E-state index in [0.29, 0.717) is 10.9 Å². The molecule has 0 radical (unpaired) electrons. The first kappa shape index (κ1) is 13.7. The second-order valence-electron chi connectivity index (χ2n) is 4.68. The molecule has 0 fully saturated rings. The highest BCUT2D eigenvalue weighted by Gasteiger charge is 2.14. The first-order chi connectivity index (χ1) is 10.2. The Kier molecular flexibility index (Phi) is 3.67. The molecular formula is C17H11ClFNO. The molecule has 0 unspecified atom stereocenters. The van der Waals surface area contributed by atoms with E-state index in [4.69, 9.17) is 11.6 Å². The van der Waals surface area contributed by atoms with Gasteiger partial charge in [0.2, 0.25) is 0 Å². The van der Waals surface area contributed by atoms with E-state index < -0.39 is 5.82 Å². The van der Waals surface area contributed by atoms with Gasteiger partial charge in [0, 0.05) is 18.0 Å². The van der Waals surface area contributed by atoms with Crippen LogP contribution < -0.4 is 0 Å². The summed E-state index contributed by atoms with van der Waals surface area (Å²) >= 11 is 6.08. The van der Waals surface area contributed by atoms with Gasteiger partial charge in [-0.25, -0.2) is 4.39 Å². The lowest BCUT2D eigenvalue weighted by Crippen LogP contribution is -1.96. The van der Waals surface area contributed by atoms with Crippen LogP contribution in [0, 0.1) is 5.82 Å². The van der Waals surface area contributed by atoms with Gasteiger partial charge in [0.05, 0.1) is 10.5 Å². The van der Waals surface area contributed by atoms with Crippen molar-refractivity contribution in [2.24, 2.45) is 0 Å². The van der Waals surface area contributed by atoms with Crippen LogP contribution in [0.3, 0.4) is 0 Å². The number of benzene rings is 2. The molecule has 104 valence electrons. The zero-order valence-corrected chi connectivity index (χ0v) is 11.8. The van der Waals surface area contributed by atoms with Gasteiger partial charge in [0.1, 0.15) is 12.1 Å². The predicted molar refractivity (Wildman–Crippen MR) is 81.9 cm³/mol. The SMILES string of the molecule is O=CCc1cnc2c(Cl)cc(F)cc2c1-c1ccccc1. The summed E-state index contributed by atoms with van der Waals surface area (Å²) in [6.45, 7) is 0. The second-order valence-corrected chi connectivity index (χ2v) is 5.09. The Morgan fingerprint density at radius 1 is 1.19 bits per heavy atom. The van der Waals surface area contributed by atoms with E-state index in [1.54, 1.807) is 6.20 Å². The third kappa shape index (κ3) is 2.52. The summed E-state index contributed by atoms with van der Waals surface area (Å²) in [4.78, 5) is 15.2. The smallest absolute Gasteiger partial charge is 0.125 e. The predicted octanol–water partition coefficient (Wildman–Crippen LogP) is 4.44. The van der Waals surface area contributed by atoms with Crippen molar-refractivity contribution in [2.45, 2.75) is 6.42 Å². The number of pyridine rings is 1. The van der Waals surface area contributed by atoms with Crippen molar-refractivity contribution in [3.8, 4) is 11.1 Å². The normalized spacial score (nSPS) is 10.8. The fourth-order valence-electron chi connectivity index (χ4n) is 2.46. The molecule has 0 amide bonds. The number of aldehydes is 1. The summed E-state index contributed by atoms with van der Waals surface area (Å²) in [7, 11) is 0. The molecule has 2 nitrogen and oxygen atoms in total. The lowest BCUT2D eigenvalue weighted by molar-refractivity contribution is -0.107. The van der Waals surface area contributed by atoms with Gasteiger partial charge in [-0.2, -0.15) is 0 Å². The summed E-state index contributed by atoms with van der Waals surface area (Å²) in [6, 6.07) is 12.2. The van der Waals surface area contributed by atoms with Gasteiger partial charge in [0.25, 0.3) is 0 Å². The van der Waals surface area contributed by atoms with Crippen molar-refractivity contribution in [1.29, 1.82) is 0 Å². The molecule has 0 aliphatic rings. The molecule has 0 saturated carbocycles. The van der Waals surface area contributed by atoms with Gasteiger partial charge in [-0.05, 0) is 28.8 Å². The van der Waals surface area contributed by atoms with Gasteiger partial charge in [-0.3, -0.25) is 4.98 Å². The monoisotopic (exact) mass is 299 g/mol. The van der Waals surface area contributed by atoms with Crippen LogP contribution >= 0.6 is 11.6 Å². The van der Waals surface area contributed by atoms with Crippen molar-refractivity contribution >= 4 is 28.8 Å². The van der Waals surface area contributed by atoms with Crippen LogP contribution in [-0.4, -0.2) is 11.3 Å². The van der Waals surface area contributed by atoms with E-state index in [1.807, 2.05) is 30.3 Å². The average Bonchev–Trinajstić information content (AvgIpc) is 2.48. The minimum absolute atomic E-state index is 0.224. The molecule has 3 aromatic rings. The number of hydrogen-bond donors (Lipinski definition) is 0. The Morgan fingerprint density at radius 3 is 2.67 bits per heavy atom. The molecule has 4 heteroatoms. The van der Waals surface area contributed by atoms with Gasteiger partial charge in [0.15, 0.2) is 0 Å². The van der Waals surface area contributed by atoms with Crippen molar-refractivity contribution in [3.05, 3.63) is 65.1 Å². The zero-order chi connectivity index (χ0) is 14.8. The summed E-state index contributed by atoms with van der Waals surface area (Å²) in [5.41, 5.74) is 2.99. The van der Waals surface area contributed by atoms with E-state index in [1.165, 1.54) is 12.1 Å². The number of nitrogens with zero attached hydrogens (tertiary/aromatic N) is 1. The van der Waals surface area contributed by atoms with Crippen LogP contribution in [0.2, 0.25) is 5.02 Å². The summed E-state index contributed by atoms with van der Waals surface area (Å²) < 4.78 is 13.7.